The molecule has 0 amide bonds. The zero-order valence-electron chi connectivity index (χ0n) is 7.87. The van der Waals surface area contributed by atoms with E-state index in [0.717, 1.165) is 3.57 Å². The van der Waals surface area contributed by atoms with E-state index in [0.29, 0.717) is 0 Å². The maximum absolute atomic E-state index is 11.4. The Morgan fingerprint density at radius 2 is 2.15 bits per heavy atom. The fourth-order valence-corrected chi connectivity index (χ4v) is 1.26. The molecule has 72 valence electrons. The molecule has 0 aliphatic carbocycles. The quantitative estimate of drug-likeness (QED) is 0.689. The summed E-state index contributed by atoms with van der Waals surface area (Å²) in [5.74, 6) is 0. The molecule has 0 saturated carbocycles. The van der Waals surface area contributed by atoms with Gasteiger partial charge in [-0.25, -0.2) is 4.79 Å². The van der Waals surface area contributed by atoms with E-state index in [2.05, 4.69) is 22.6 Å². The molecule has 0 unspecified atom stereocenters. The third-order valence-corrected chi connectivity index (χ3v) is 1.90. The molecular weight excluding hydrogens is 281 g/mol. The molecule has 0 spiro atoms. The van der Waals surface area contributed by atoms with Crippen LogP contribution >= 0.6 is 22.6 Å². The number of aromatic nitrogens is 1. The van der Waals surface area contributed by atoms with Gasteiger partial charge in [0.25, 0.3) is 0 Å². The van der Waals surface area contributed by atoms with Crippen LogP contribution in [-0.4, -0.2) is 16.3 Å². The van der Waals surface area contributed by atoms with E-state index < -0.39 is 5.60 Å². The maximum Gasteiger partial charge on any atom is 0.418 e. The second-order valence-corrected chi connectivity index (χ2v) is 4.96. The van der Waals surface area contributed by atoms with Gasteiger partial charge in [-0.1, -0.05) is 0 Å². The van der Waals surface area contributed by atoms with Gasteiger partial charge in [0.1, 0.15) is 5.60 Å². The van der Waals surface area contributed by atoms with Gasteiger partial charge in [-0.3, -0.25) is 4.57 Å². The van der Waals surface area contributed by atoms with Gasteiger partial charge in [0.05, 0.1) is 0 Å². The highest BCUT2D eigenvalue weighted by molar-refractivity contribution is 14.1. The van der Waals surface area contributed by atoms with Gasteiger partial charge in [0.2, 0.25) is 0 Å². The molecule has 1 heterocycles. The minimum atomic E-state index is -0.438. The highest BCUT2D eigenvalue weighted by Crippen LogP contribution is 2.10. The number of carbonyl (C=O) groups excluding carboxylic acids is 1. The Morgan fingerprint density at radius 3 is 2.54 bits per heavy atom. The van der Waals surface area contributed by atoms with Crippen molar-refractivity contribution in [1.29, 1.82) is 0 Å². The van der Waals surface area contributed by atoms with Crippen molar-refractivity contribution >= 4 is 28.7 Å². The second-order valence-electron chi connectivity index (χ2n) is 3.72. The Balaban J connectivity index is 2.70. The molecule has 1 aromatic rings. The lowest BCUT2D eigenvalue weighted by Gasteiger charge is -2.19. The van der Waals surface area contributed by atoms with Crippen molar-refractivity contribution in [2.24, 2.45) is 0 Å². The van der Waals surface area contributed by atoms with Crippen LogP contribution in [0.4, 0.5) is 4.79 Å². The molecule has 1 aromatic heterocycles. The van der Waals surface area contributed by atoms with Crippen molar-refractivity contribution in [3.63, 3.8) is 0 Å². The largest absolute Gasteiger partial charge is 0.443 e. The highest BCUT2D eigenvalue weighted by Gasteiger charge is 2.17. The van der Waals surface area contributed by atoms with E-state index in [1.165, 1.54) is 4.57 Å². The van der Waals surface area contributed by atoms with Gasteiger partial charge in [0, 0.05) is 16.0 Å². The molecule has 0 aliphatic rings. The van der Waals surface area contributed by atoms with Gasteiger partial charge in [0.15, 0.2) is 0 Å². The SMILES string of the molecule is CC(C)(C)OC(=O)n1ccc(I)c1. The first-order chi connectivity index (χ1) is 5.88. The third-order valence-electron chi connectivity index (χ3n) is 1.26. The molecule has 4 heteroatoms. The smallest absolute Gasteiger partial charge is 0.418 e. The van der Waals surface area contributed by atoms with Crippen molar-refractivity contribution in [2.45, 2.75) is 26.4 Å². The lowest BCUT2D eigenvalue weighted by atomic mass is 10.2. The monoisotopic (exact) mass is 293 g/mol. The van der Waals surface area contributed by atoms with Crippen LogP contribution in [-0.2, 0) is 4.74 Å². The highest BCUT2D eigenvalue weighted by atomic mass is 127. The molecule has 0 N–H and O–H groups in total. The summed E-state index contributed by atoms with van der Waals surface area (Å²) in [5.41, 5.74) is -0.438. The number of carbonyl (C=O) groups is 1. The number of ether oxygens (including phenoxy) is 1. The maximum atomic E-state index is 11.4. The molecule has 0 bridgehead atoms. The Morgan fingerprint density at radius 1 is 1.54 bits per heavy atom. The van der Waals surface area contributed by atoms with Gasteiger partial charge < -0.3 is 4.74 Å². The summed E-state index contributed by atoms with van der Waals surface area (Å²) in [7, 11) is 0. The van der Waals surface area contributed by atoms with Crippen LogP contribution in [0.5, 0.6) is 0 Å². The van der Waals surface area contributed by atoms with Crippen LogP contribution in [0, 0.1) is 3.57 Å². The fraction of sp³-hybridized carbons (Fsp3) is 0.444. The lowest BCUT2D eigenvalue weighted by molar-refractivity contribution is 0.0537. The molecule has 0 atom stereocenters. The average Bonchev–Trinajstić information content (AvgIpc) is 2.31. The summed E-state index contributed by atoms with van der Waals surface area (Å²) in [5, 5.41) is 0. The fourth-order valence-electron chi connectivity index (χ4n) is 0.799. The Hall–Kier alpha value is -0.520. The van der Waals surface area contributed by atoms with Gasteiger partial charge in [-0.2, -0.15) is 0 Å². The van der Waals surface area contributed by atoms with Crippen molar-refractivity contribution < 1.29 is 9.53 Å². The zero-order valence-corrected chi connectivity index (χ0v) is 10.0. The molecular formula is C9H12INO2. The molecule has 0 aliphatic heterocycles. The normalized spacial score (nSPS) is 11.4. The lowest BCUT2D eigenvalue weighted by Crippen LogP contribution is -2.26. The predicted octanol–water partition coefficient (Wildman–Crippen LogP) is 2.88. The Bertz CT molecular complexity index is 312. The van der Waals surface area contributed by atoms with Gasteiger partial charge in [-0.05, 0) is 49.4 Å². The van der Waals surface area contributed by atoms with E-state index >= 15 is 0 Å². The third kappa shape index (κ3) is 3.38. The van der Waals surface area contributed by atoms with E-state index in [1.54, 1.807) is 12.4 Å². The van der Waals surface area contributed by atoms with Crippen molar-refractivity contribution in [3.8, 4) is 0 Å². The van der Waals surface area contributed by atoms with Crippen molar-refractivity contribution in [1.82, 2.24) is 4.57 Å². The summed E-state index contributed by atoms with van der Waals surface area (Å²) in [6, 6.07) is 1.85. The number of nitrogens with zero attached hydrogens (tertiary/aromatic N) is 1. The molecule has 1 rings (SSSR count). The minimum absolute atomic E-state index is 0.338. The standard InChI is InChI=1S/C9H12INO2/c1-9(2,3)13-8(12)11-5-4-7(10)6-11/h4-6H,1-3H3. The second kappa shape index (κ2) is 3.69. The number of hydrogen-bond acceptors (Lipinski definition) is 2. The van der Waals surface area contributed by atoms with Crippen LogP contribution < -0.4 is 0 Å². The van der Waals surface area contributed by atoms with Crippen LogP contribution in [0.1, 0.15) is 20.8 Å². The van der Waals surface area contributed by atoms with Crippen LogP contribution in [0.25, 0.3) is 0 Å². The van der Waals surface area contributed by atoms with E-state index in [9.17, 15) is 4.79 Å². The number of hydrogen-bond donors (Lipinski definition) is 0. The molecule has 0 radical (unpaired) electrons. The van der Waals surface area contributed by atoms with E-state index in [4.69, 9.17) is 4.74 Å². The Labute approximate surface area is 91.2 Å². The van der Waals surface area contributed by atoms with Gasteiger partial charge >= 0.3 is 6.09 Å². The summed E-state index contributed by atoms with van der Waals surface area (Å²) in [6.07, 6.45) is 3.08. The van der Waals surface area contributed by atoms with Gasteiger partial charge in [-0.15, -0.1) is 0 Å². The summed E-state index contributed by atoms with van der Waals surface area (Å²) in [6.45, 7) is 5.54. The van der Waals surface area contributed by atoms with E-state index in [-0.39, 0.29) is 6.09 Å². The number of halogens is 1. The average molecular weight is 293 g/mol. The predicted molar refractivity (Wildman–Crippen MR) is 58.8 cm³/mol. The van der Waals surface area contributed by atoms with Crippen LogP contribution in [0.15, 0.2) is 18.5 Å². The summed E-state index contributed by atoms with van der Waals surface area (Å²) in [4.78, 5) is 11.4. The van der Waals surface area contributed by atoms with Crippen LogP contribution in [0.3, 0.4) is 0 Å². The molecule has 13 heavy (non-hydrogen) atoms. The first-order valence-corrected chi connectivity index (χ1v) is 5.03. The first-order valence-electron chi connectivity index (χ1n) is 3.95. The summed E-state index contributed by atoms with van der Waals surface area (Å²) >= 11 is 2.14. The van der Waals surface area contributed by atoms with Crippen LogP contribution in [0.2, 0.25) is 0 Å². The molecule has 0 saturated heterocycles. The number of rotatable bonds is 0. The molecule has 0 aromatic carbocycles. The Kier molecular flexibility index (Phi) is 3.00. The van der Waals surface area contributed by atoms with Crippen molar-refractivity contribution in [2.75, 3.05) is 0 Å². The molecule has 3 nitrogen and oxygen atoms in total. The minimum Gasteiger partial charge on any atom is -0.443 e. The molecule has 0 fully saturated rings. The topological polar surface area (TPSA) is 31.2 Å². The van der Waals surface area contributed by atoms with Crippen molar-refractivity contribution in [3.05, 3.63) is 22.0 Å². The first kappa shape index (κ1) is 10.6. The van der Waals surface area contributed by atoms with E-state index in [1.807, 2.05) is 26.8 Å². The summed E-state index contributed by atoms with van der Waals surface area (Å²) < 4.78 is 7.61. The zero-order chi connectivity index (χ0) is 10.1.